The number of β-lactam (4-membered cyclic amide) rings is 1. The highest BCUT2D eigenvalue weighted by Gasteiger charge is 2.53. The van der Waals surface area contributed by atoms with E-state index < -0.39 is 35.2 Å². The molecule has 5 heterocycles. The van der Waals surface area contributed by atoms with Crippen LogP contribution in [0.2, 0.25) is 0 Å². The third-order valence-corrected chi connectivity index (χ3v) is 8.62. The molecule has 2 aliphatic heterocycles. The molecule has 14 nitrogen and oxygen atoms in total. The van der Waals surface area contributed by atoms with Crippen molar-refractivity contribution in [3.8, 4) is 0 Å². The van der Waals surface area contributed by atoms with Crippen molar-refractivity contribution in [1.82, 2.24) is 19.8 Å². The van der Waals surface area contributed by atoms with Crippen LogP contribution in [0.5, 0.6) is 0 Å². The molecular weight excluding hydrogens is 574 g/mol. The van der Waals surface area contributed by atoms with Crippen molar-refractivity contribution in [2.75, 3.05) is 25.2 Å². The number of nitrogens with zero attached hydrogens (tertiary/aromatic N) is 5. The topological polar surface area (TPSA) is 185 Å². The molecule has 1 fully saturated rings. The van der Waals surface area contributed by atoms with Crippen LogP contribution in [0.1, 0.15) is 28.8 Å². The number of thiazole rings is 1. The van der Waals surface area contributed by atoms with Crippen molar-refractivity contribution in [3.05, 3.63) is 58.1 Å². The van der Waals surface area contributed by atoms with E-state index in [1.54, 1.807) is 47.2 Å². The predicted molar refractivity (Wildman–Crippen MR) is 145 cm³/mol. The number of amides is 2. The first-order valence-corrected chi connectivity index (χ1v) is 14.3. The SMILES string of the molecule is CCOC(=O)c1c(C)n(CC2=C(C(=O)[O-])N3C(=O)[C@@H](NC(=O)/C(=N\OC)c4csc(N)n4)[C@H]3SC2)c2cccc[n+]12. The summed E-state index contributed by atoms with van der Waals surface area (Å²) in [6, 6.07) is 4.35. The van der Waals surface area contributed by atoms with Gasteiger partial charge in [0.1, 0.15) is 30.8 Å². The number of nitrogens with two attached hydrogens (primary N) is 1. The number of carbonyl (C=O) groups excluding carboxylic acids is 4. The maximum absolute atomic E-state index is 13.2. The Morgan fingerprint density at radius 3 is 2.78 bits per heavy atom. The fourth-order valence-electron chi connectivity index (χ4n) is 4.85. The van der Waals surface area contributed by atoms with Crippen molar-refractivity contribution >= 4 is 63.3 Å². The number of thioether (sulfide) groups is 1. The number of fused-ring (bicyclic) bond motifs is 2. The number of ether oxygens (including phenoxy) is 1. The number of hydrogen-bond acceptors (Lipinski definition) is 12. The first-order chi connectivity index (χ1) is 19.7. The maximum atomic E-state index is 13.2. The monoisotopic (exact) mass is 599 g/mol. The number of aromatic nitrogens is 3. The lowest BCUT2D eigenvalue weighted by Crippen LogP contribution is -2.71. The molecule has 41 heavy (non-hydrogen) atoms. The van der Waals surface area contributed by atoms with Crippen LogP contribution >= 0.6 is 23.1 Å². The van der Waals surface area contributed by atoms with Gasteiger partial charge in [-0.3, -0.25) is 14.5 Å². The Kier molecular flexibility index (Phi) is 7.68. The van der Waals surface area contributed by atoms with Gasteiger partial charge in [-0.1, -0.05) is 11.2 Å². The quantitative estimate of drug-likeness (QED) is 0.104. The van der Waals surface area contributed by atoms with Crippen LogP contribution in [0.15, 0.2) is 46.2 Å². The molecule has 0 saturated carbocycles. The van der Waals surface area contributed by atoms with E-state index in [2.05, 4.69) is 15.5 Å². The van der Waals surface area contributed by atoms with Gasteiger partial charge >= 0.3 is 5.97 Å². The number of anilines is 1. The largest absolute Gasteiger partial charge is 0.543 e. The summed E-state index contributed by atoms with van der Waals surface area (Å²) >= 11 is 2.41. The molecule has 16 heteroatoms. The highest BCUT2D eigenvalue weighted by Crippen LogP contribution is 2.40. The van der Waals surface area contributed by atoms with Crippen molar-refractivity contribution < 1.29 is 38.3 Å². The van der Waals surface area contributed by atoms with Crippen LogP contribution in [0.25, 0.3) is 5.65 Å². The number of imidazole rings is 1. The Morgan fingerprint density at radius 2 is 2.12 bits per heavy atom. The van der Waals surface area contributed by atoms with Crippen molar-refractivity contribution in [3.63, 3.8) is 0 Å². The van der Waals surface area contributed by atoms with Gasteiger partial charge in [0, 0.05) is 29.7 Å². The summed E-state index contributed by atoms with van der Waals surface area (Å²) in [6.45, 7) is 3.73. The average Bonchev–Trinajstić information content (AvgIpc) is 3.50. The van der Waals surface area contributed by atoms with Crippen molar-refractivity contribution in [2.24, 2.45) is 5.16 Å². The molecule has 3 N–H and O–H groups in total. The van der Waals surface area contributed by atoms with E-state index in [9.17, 15) is 24.3 Å². The summed E-state index contributed by atoms with van der Waals surface area (Å²) < 4.78 is 8.71. The van der Waals surface area contributed by atoms with E-state index in [4.69, 9.17) is 15.3 Å². The number of carboxylic acids is 1. The molecule has 1 saturated heterocycles. The Balaban J connectivity index is 1.43. The number of nitrogen functional groups attached to an aromatic ring is 1. The molecule has 0 bridgehead atoms. The van der Waals surface area contributed by atoms with Gasteiger partial charge in [-0.25, -0.2) is 14.3 Å². The van der Waals surface area contributed by atoms with Crippen LogP contribution in [-0.2, 0) is 30.5 Å². The first-order valence-electron chi connectivity index (χ1n) is 12.4. The number of pyridine rings is 1. The normalized spacial score (nSPS) is 18.7. The number of carboxylic acid groups (broad SMARTS) is 1. The number of hydrogen-bond donors (Lipinski definition) is 2. The number of aliphatic carboxylic acids is 1. The molecule has 2 aliphatic rings. The average molecular weight is 600 g/mol. The third-order valence-electron chi connectivity index (χ3n) is 6.61. The lowest BCUT2D eigenvalue weighted by molar-refractivity contribution is -0.514. The van der Waals surface area contributed by atoms with E-state index in [1.165, 1.54) is 24.3 Å². The summed E-state index contributed by atoms with van der Waals surface area (Å²) in [7, 11) is 1.26. The number of carbonyl (C=O) groups is 4. The zero-order valence-corrected chi connectivity index (χ0v) is 23.8. The minimum absolute atomic E-state index is 0.0818. The Bertz CT molecular complexity index is 1640. The Labute approximate surface area is 241 Å². The summed E-state index contributed by atoms with van der Waals surface area (Å²) in [5.74, 6) is -3.13. The first kappa shape index (κ1) is 28.1. The van der Waals surface area contributed by atoms with Gasteiger partial charge in [0.05, 0.1) is 24.5 Å². The minimum Gasteiger partial charge on any atom is -0.543 e. The van der Waals surface area contributed by atoms with E-state index in [0.717, 1.165) is 16.2 Å². The summed E-state index contributed by atoms with van der Waals surface area (Å²) in [4.78, 5) is 61.2. The van der Waals surface area contributed by atoms with Gasteiger partial charge in [-0.15, -0.1) is 23.1 Å². The van der Waals surface area contributed by atoms with E-state index >= 15 is 0 Å². The summed E-state index contributed by atoms with van der Waals surface area (Å²) in [5.41, 5.74) is 7.35. The van der Waals surface area contributed by atoms with E-state index in [-0.39, 0.29) is 41.1 Å². The van der Waals surface area contributed by atoms with Gasteiger partial charge in [-0.2, -0.15) is 4.40 Å². The molecule has 3 aromatic heterocycles. The molecule has 5 rings (SSSR count). The zero-order chi connectivity index (χ0) is 29.4. The van der Waals surface area contributed by atoms with Crippen LogP contribution < -0.4 is 20.6 Å². The van der Waals surface area contributed by atoms with Crippen LogP contribution in [0.4, 0.5) is 5.13 Å². The lowest BCUT2D eigenvalue weighted by atomic mass is 10.0. The maximum Gasteiger partial charge on any atom is 0.383 e. The molecule has 3 aromatic rings. The highest BCUT2D eigenvalue weighted by atomic mass is 32.2. The molecule has 0 unspecified atom stereocenters. The molecule has 0 radical (unpaired) electrons. The molecule has 2 atom stereocenters. The predicted octanol–water partition coefficient (Wildman–Crippen LogP) is -0.795. The Hall–Kier alpha value is -4.44. The van der Waals surface area contributed by atoms with Crippen molar-refractivity contribution in [2.45, 2.75) is 31.8 Å². The second kappa shape index (κ2) is 11.2. The lowest BCUT2D eigenvalue weighted by Gasteiger charge is -2.50. The molecule has 2 amide bonds. The molecule has 0 spiro atoms. The molecule has 0 aromatic carbocycles. The second-order valence-corrected chi connectivity index (χ2v) is 11.0. The second-order valence-electron chi connectivity index (χ2n) is 8.96. The zero-order valence-electron chi connectivity index (χ0n) is 22.2. The van der Waals surface area contributed by atoms with Gasteiger partial charge in [0.2, 0.25) is 0 Å². The molecule has 0 aliphatic carbocycles. The third kappa shape index (κ3) is 4.88. The standard InChI is InChI=1S/C25H25N7O7S2/c1-4-39-24(37)18-12(2)31(15-7-5-6-8-30(15)18)9-13-10-40-22-17(21(34)32(22)19(13)23(35)36)28-20(33)16(29-38-3)14-11-41-25(26)27-14/h5-8,11,17,22H,4,9-10H2,1-3H3,(H3-,26,27,28,33,35,36)/b29-16-/t17-,22-/m1/s1. The van der Waals surface area contributed by atoms with E-state index in [0.29, 0.717) is 22.6 Å². The molecule has 214 valence electrons. The van der Waals surface area contributed by atoms with Gasteiger partial charge in [-0.05, 0) is 13.0 Å². The molecular formula is C25H25N7O7S2. The smallest absolute Gasteiger partial charge is 0.383 e. The fourth-order valence-corrected chi connectivity index (χ4v) is 6.73. The summed E-state index contributed by atoms with van der Waals surface area (Å²) in [5, 5.41) is 19.7. The van der Waals surface area contributed by atoms with E-state index in [1.807, 2.05) is 0 Å². The van der Waals surface area contributed by atoms with Gasteiger partial charge in [0.25, 0.3) is 23.2 Å². The number of nitrogens with one attached hydrogen (secondary N) is 1. The van der Waals surface area contributed by atoms with Gasteiger partial charge in [0.15, 0.2) is 16.5 Å². The fraction of sp³-hybridized carbons (Fsp3) is 0.320. The van der Waals surface area contributed by atoms with Crippen molar-refractivity contribution in [1.29, 1.82) is 0 Å². The summed E-state index contributed by atoms with van der Waals surface area (Å²) in [6.07, 6.45) is 1.72. The van der Waals surface area contributed by atoms with Crippen LogP contribution in [0, 0.1) is 6.92 Å². The number of oxime groups is 1. The minimum atomic E-state index is -1.52. The number of rotatable bonds is 9. The highest BCUT2D eigenvalue weighted by molar-refractivity contribution is 8.00. The van der Waals surface area contributed by atoms with Crippen LogP contribution in [-0.4, -0.2) is 74.8 Å². The Morgan fingerprint density at radius 1 is 1.34 bits per heavy atom. The van der Waals surface area contributed by atoms with Gasteiger partial charge < -0.3 is 30.5 Å². The van der Waals surface area contributed by atoms with Crippen LogP contribution in [0.3, 0.4) is 0 Å². The number of esters is 1.